The fourth-order valence-electron chi connectivity index (χ4n) is 2.77. The van der Waals surface area contributed by atoms with E-state index in [0.717, 1.165) is 35.4 Å². The van der Waals surface area contributed by atoms with E-state index in [9.17, 15) is 0 Å². The summed E-state index contributed by atoms with van der Waals surface area (Å²) in [6.45, 7) is 5.94. The van der Waals surface area contributed by atoms with E-state index in [-0.39, 0.29) is 6.10 Å². The molecule has 0 saturated carbocycles. The van der Waals surface area contributed by atoms with Crippen molar-refractivity contribution in [3.05, 3.63) is 28.5 Å². The summed E-state index contributed by atoms with van der Waals surface area (Å²) in [5.41, 5.74) is 2.91. The first-order valence-electron chi connectivity index (χ1n) is 7.81. The van der Waals surface area contributed by atoms with Crippen molar-refractivity contribution in [3.63, 3.8) is 0 Å². The Morgan fingerprint density at radius 1 is 1.41 bits per heavy atom. The number of hydrogen-bond acceptors (Lipinski definition) is 4. The van der Waals surface area contributed by atoms with Gasteiger partial charge >= 0.3 is 0 Å². The van der Waals surface area contributed by atoms with Gasteiger partial charge in [0.1, 0.15) is 5.69 Å². The first-order valence-corrected chi connectivity index (χ1v) is 8.60. The van der Waals surface area contributed by atoms with Crippen molar-refractivity contribution in [1.82, 2.24) is 20.0 Å². The predicted molar refractivity (Wildman–Crippen MR) is 88.6 cm³/mol. The fraction of sp³-hybridized carbons (Fsp3) is 0.562. The van der Waals surface area contributed by atoms with Crippen molar-refractivity contribution >= 4 is 15.9 Å². The summed E-state index contributed by atoms with van der Waals surface area (Å²) in [6.07, 6.45) is 7.54. The molecule has 0 bridgehead atoms. The second kappa shape index (κ2) is 6.87. The Balaban J connectivity index is 1.81. The maximum atomic E-state index is 5.76. The lowest BCUT2D eigenvalue weighted by Crippen LogP contribution is -2.24. The molecule has 1 fully saturated rings. The molecule has 0 aromatic carbocycles. The fourth-order valence-corrected chi connectivity index (χ4v) is 3.11. The highest BCUT2D eigenvalue weighted by atomic mass is 79.9. The summed E-state index contributed by atoms with van der Waals surface area (Å²) in [5, 5.41) is 8.55. The van der Waals surface area contributed by atoms with Gasteiger partial charge in [-0.3, -0.25) is 4.98 Å². The number of pyridine rings is 1. The lowest BCUT2D eigenvalue weighted by Gasteiger charge is -2.21. The van der Waals surface area contributed by atoms with Gasteiger partial charge in [0.25, 0.3) is 0 Å². The van der Waals surface area contributed by atoms with Gasteiger partial charge in [0, 0.05) is 17.3 Å². The molecule has 1 saturated heterocycles. The van der Waals surface area contributed by atoms with Crippen molar-refractivity contribution in [2.75, 3.05) is 6.61 Å². The Labute approximate surface area is 139 Å². The van der Waals surface area contributed by atoms with E-state index in [2.05, 4.69) is 51.1 Å². The van der Waals surface area contributed by atoms with Gasteiger partial charge in [-0.25, -0.2) is 4.68 Å². The zero-order valence-corrected chi connectivity index (χ0v) is 14.6. The van der Waals surface area contributed by atoms with Crippen LogP contribution in [0.1, 0.15) is 44.6 Å². The van der Waals surface area contributed by atoms with Gasteiger partial charge in [-0.15, -0.1) is 5.10 Å². The molecule has 6 heteroatoms. The zero-order valence-electron chi connectivity index (χ0n) is 13.0. The predicted octanol–water partition coefficient (Wildman–Crippen LogP) is 3.80. The molecule has 5 nitrogen and oxygen atoms in total. The van der Waals surface area contributed by atoms with Crippen LogP contribution in [0.15, 0.2) is 22.9 Å². The van der Waals surface area contributed by atoms with E-state index in [4.69, 9.17) is 4.74 Å². The lowest BCUT2D eigenvalue weighted by atomic mass is 10.0. The number of halogens is 1. The van der Waals surface area contributed by atoms with Crippen LogP contribution in [0.4, 0.5) is 0 Å². The Bertz CT molecular complexity index is 635. The molecule has 0 N–H and O–H groups in total. The van der Waals surface area contributed by atoms with E-state index in [0.29, 0.717) is 5.92 Å². The lowest BCUT2D eigenvalue weighted by molar-refractivity contribution is 0.00370. The van der Waals surface area contributed by atoms with Crippen LogP contribution in [0.25, 0.3) is 11.4 Å². The number of ether oxygens (including phenoxy) is 1. The summed E-state index contributed by atoms with van der Waals surface area (Å²) in [5.74, 6) is 0.381. The number of aromatic nitrogens is 4. The average molecular weight is 365 g/mol. The maximum Gasteiger partial charge on any atom is 0.131 e. The first kappa shape index (κ1) is 15.6. The topological polar surface area (TPSA) is 52.8 Å². The molecule has 0 radical (unpaired) electrons. The Kier molecular flexibility index (Phi) is 4.88. The second-order valence-electron chi connectivity index (χ2n) is 6.06. The first-order chi connectivity index (χ1) is 10.6. The van der Waals surface area contributed by atoms with Gasteiger partial charge in [-0.2, -0.15) is 0 Å². The summed E-state index contributed by atoms with van der Waals surface area (Å²) < 4.78 is 8.63. The molecule has 3 rings (SSSR count). The largest absolute Gasteiger partial charge is 0.376 e. The summed E-state index contributed by atoms with van der Waals surface area (Å²) in [4.78, 5) is 4.54. The minimum absolute atomic E-state index is 0.255. The molecule has 1 aliphatic rings. The molecule has 2 aromatic heterocycles. The molecule has 3 heterocycles. The van der Waals surface area contributed by atoms with E-state index in [1.54, 1.807) is 0 Å². The number of rotatable bonds is 4. The van der Waals surface area contributed by atoms with Crippen LogP contribution < -0.4 is 0 Å². The van der Waals surface area contributed by atoms with Crippen molar-refractivity contribution < 1.29 is 4.74 Å². The summed E-state index contributed by atoms with van der Waals surface area (Å²) >= 11 is 3.49. The third-order valence-corrected chi connectivity index (χ3v) is 4.39. The average Bonchev–Trinajstić information content (AvgIpc) is 2.96. The van der Waals surface area contributed by atoms with E-state index in [1.807, 2.05) is 17.1 Å². The van der Waals surface area contributed by atoms with Crippen molar-refractivity contribution in [1.29, 1.82) is 0 Å². The standard InChI is InChI=1S/C16H21BrN4O/c1-11(2)14-7-12(17)8-18-16(14)15-10-21(20-19-15)9-13-5-3-4-6-22-13/h7-8,10-11,13H,3-6,9H2,1-2H3. The van der Waals surface area contributed by atoms with Gasteiger partial charge < -0.3 is 4.74 Å². The third-order valence-electron chi connectivity index (χ3n) is 3.95. The van der Waals surface area contributed by atoms with Crippen LogP contribution in [0.2, 0.25) is 0 Å². The molecule has 1 unspecified atom stereocenters. The zero-order chi connectivity index (χ0) is 15.5. The molecule has 118 valence electrons. The molecule has 0 amide bonds. The van der Waals surface area contributed by atoms with Gasteiger partial charge in [-0.1, -0.05) is 19.1 Å². The molecule has 2 aromatic rings. The van der Waals surface area contributed by atoms with Crippen LogP contribution >= 0.6 is 15.9 Å². The van der Waals surface area contributed by atoms with Crippen LogP contribution in [0, 0.1) is 0 Å². The smallest absolute Gasteiger partial charge is 0.131 e. The van der Waals surface area contributed by atoms with Crippen LogP contribution in [-0.2, 0) is 11.3 Å². The summed E-state index contributed by atoms with van der Waals surface area (Å²) in [7, 11) is 0. The van der Waals surface area contributed by atoms with Crippen molar-refractivity contribution in [2.24, 2.45) is 0 Å². The molecular weight excluding hydrogens is 344 g/mol. The molecular formula is C16H21BrN4O. The monoisotopic (exact) mass is 364 g/mol. The van der Waals surface area contributed by atoms with Gasteiger partial charge in [0.15, 0.2) is 0 Å². The van der Waals surface area contributed by atoms with E-state index in [1.165, 1.54) is 18.4 Å². The van der Waals surface area contributed by atoms with Crippen LogP contribution in [0.3, 0.4) is 0 Å². The van der Waals surface area contributed by atoms with Gasteiger partial charge in [0.2, 0.25) is 0 Å². The Hall–Kier alpha value is -1.27. The normalized spacial score (nSPS) is 18.8. The molecule has 1 aliphatic heterocycles. The summed E-state index contributed by atoms with van der Waals surface area (Å²) in [6, 6.07) is 2.11. The quantitative estimate of drug-likeness (QED) is 0.827. The molecule has 0 spiro atoms. The number of nitrogens with zero attached hydrogens (tertiary/aromatic N) is 4. The molecule has 1 atom stereocenters. The van der Waals surface area contributed by atoms with E-state index < -0.39 is 0 Å². The highest BCUT2D eigenvalue weighted by Gasteiger charge is 2.17. The second-order valence-corrected chi connectivity index (χ2v) is 6.98. The maximum absolute atomic E-state index is 5.76. The van der Waals surface area contributed by atoms with E-state index >= 15 is 0 Å². The number of hydrogen-bond donors (Lipinski definition) is 0. The van der Waals surface area contributed by atoms with Crippen molar-refractivity contribution in [2.45, 2.75) is 51.7 Å². The minimum Gasteiger partial charge on any atom is -0.376 e. The molecule has 0 aliphatic carbocycles. The highest BCUT2D eigenvalue weighted by molar-refractivity contribution is 9.10. The van der Waals surface area contributed by atoms with Crippen LogP contribution in [-0.4, -0.2) is 32.7 Å². The van der Waals surface area contributed by atoms with Crippen LogP contribution in [0.5, 0.6) is 0 Å². The van der Waals surface area contributed by atoms with Gasteiger partial charge in [0.05, 0.1) is 24.5 Å². The third kappa shape index (κ3) is 3.55. The Morgan fingerprint density at radius 2 is 2.27 bits per heavy atom. The highest BCUT2D eigenvalue weighted by Crippen LogP contribution is 2.28. The Morgan fingerprint density at radius 3 is 3.00 bits per heavy atom. The minimum atomic E-state index is 0.255. The van der Waals surface area contributed by atoms with Crippen molar-refractivity contribution in [3.8, 4) is 11.4 Å². The molecule has 22 heavy (non-hydrogen) atoms. The SMILES string of the molecule is CC(C)c1cc(Br)cnc1-c1cn(CC2CCCCO2)nn1. The van der Waals surface area contributed by atoms with Gasteiger partial charge in [-0.05, 0) is 52.7 Å².